The van der Waals surface area contributed by atoms with Gasteiger partial charge in [-0.05, 0) is 31.2 Å². The largest absolute Gasteiger partial charge is 0.418 e. The predicted octanol–water partition coefficient (Wildman–Crippen LogP) is 4.33. The number of anilines is 1. The van der Waals surface area contributed by atoms with Crippen LogP contribution >= 0.6 is 11.8 Å². The van der Waals surface area contributed by atoms with Crippen molar-refractivity contribution in [3.05, 3.63) is 60.2 Å². The van der Waals surface area contributed by atoms with Crippen molar-refractivity contribution >= 4 is 23.4 Å². The van der Waals surface area contributed by atoms with Crippen LogP contribution in [-0.2, 0) is 11.0 Å². The van der Waals surface area contributed by atoms with Crippen molar-refractivity contribution < 1.29 is 18.0 Å². The van der Waals surface area contributed by atoms with Gasteiger partial charge in [0.15, 0.2) is 0 Å². The van der Waals surface area contributed by atoms with Crippen LogP contribution in [0.15, 0.2) is 59.5 Å². The van der Waals surface area contributed by atoms with Gasteiger partial charge in [0.05, 0.1) is 16.5 Å². The zero-order valence-corrected chi connectivity index (χ0v) is 13.0. The van der Waals surface area contributed by atoms with Crippen LogP contribution in [0.3, 0.4) is 0 Å². The van der Waals surface area contributed by atoms with Gasteiger partial charge in [-0.2, -0.15) is 13.2 Å². The smallest absolute Gasteiger partial charge is 0.298 e. The minimum atomic E-state index is -4.49. The molecule has 0 aromatic heterocycles. The topological polar surface area (TPSA) is 41.1 Å². The molecule has 0 fully saturated rings. The fourth-order valence-corrected chi connectivity index (χ4v) is 2.72. The third-order valence-electron chi connectivity index (χ3n) is 2.98. The van der Waals surface area contributed by atoms with Gasteiger partial charge in [-0.3, -0.25) is 15.6 Å². The number of para-hydroxylation sites is 1. The molecule has 3 nitrogen and oxygen atoms in total. The van der Waals surface area contributed by atoms with E-state index in [-0.39, 0.29) is 5.69 Å². The van der Waals surface area contributed by atoms with Crippen LogP contribution in [0.4, 0.5) is 18.9 Å². The number of rotatable bonds is 5. The second kappa shape index (κ2) is 7.41. The fraction of sp³-hybridized carbons (Fsp3) is 0.188. The Balaban J connectivity index is 1.97. The number of thioether (sulfide) groups is 1. The van der Waals surface area contributed by atoms with Crippen molar-refractivity contribution in [1.82, 2.24) is 5.43 Å². The number of halogens is 3. The Morgan fingerprint density at radius 3 is 2.30 bits per heavy atom. The number of carbonyl (C=O) groups is 1. The Bertz CT molecular complexity index is 662. The highest BCUT2D eigenvalue weighted by Gasteiger charge is 2.33. The van der Waals surface area contributed by atoms with E-state index in [0.29, 0.717) is 0 Å². The number of carbonyl (C=O) groups excluding carboxylic acids is 1. The average molecular weight is 340 g/mol. The standard InChI is InChI=1S/C16H15F3N2OS/c1-11(23-12-7-3-2-4-8-12)15(22)21-20-14-10-6-5-9-13(14)16(17,18)19/h2-11,20H,1H3,(H,21,22). The quantitative estimate of drug-likeness (QED) is 0.629. The number of hydrogen-bond acceptors (Lipinski definition) is 3. The molecule has 0 aliphatic rings. The summed E-state index contributed by atoms with van der Waals surface area (Å²) in [5, 5.41) is -0.456. The summed E-state index contributed by atoms with van der Waals surface area (Å²) >= 11 is 1.32. The lowest BCUT2D eigenvalue weighted by atomic mass is 10.2. The summed E-state index contributed by atoms with van der Waals surface area (Å²) in [5.41, 5.74) is 3.66. The lowest BCUT2D eigenvalue weighted by Crippen LogP contribution is -2.36. The van der Waals surface area contributed by atoms with Crippen LogP contribution in [0.25, 0.3) is 0 Å². The molecule has 0 aliphatic carbocycles. The first-order chi connectivity index (χ1) is 10.9. The van der Waals surface area contributed by atoms with Crippen LogP contribution < -0.4 is 10.9 Å². The van der Waals surface area contributed by atoms with E-state index in [9.17, 15) is 18.0 Å². The Labute approximate surface area is 136 Å². The van der Waals surface area contributed by atoms with E-state index in [2.05, 4.69) is 10.9 Å². The van der Waals surface area contributed by atoms with E-state index in [0.717, 1.165) is 11.0 Å². The van der Waals surface area contributed by atoms with Crippen molar-refractivity contribution in [1.29, 1.82) is 0 Å². The van der Waals surface area contributed by atoms with Crippen LogP contribution in [0.5, 0.6) is 0 Å². The highest BCUT2D eigenvalue weighted by atomic mass is 32.2. The third kappa shape index (κ3) is 4.92. The molecule has 1 atom stereocenters. The highest BCUT2D eigenvalue weighted by molar-refractivity contribution is 8.00. The summed E-state index contributed by atoms with van der Waals surface area (Å²) in [6, 6.07) is 14.3. The van der Waals surface area contributed by atoms with E-state index >= 15 is 0 Å². The zero-order chi connectivity index (χ0) is 16.9. The Hall–Kier alpha value is -2.15. The Kier molecular flexibility index (Phi) is 5.54. The van der Waals surface area contributed by atoms with Gasteiger partial charge in [0, 0.05) is 4.90 Å². The summed E-state index contributed by atoms with van der Waals surface area (Å²) in [5.74, 6) is -0.407. The van der Waals surface area contributed by atoms with Crippen molar-refractivity contribution in [2.45, 2.75) is 23.2 Å². The molecule has 0 bridgehead atoms. The van der Waals surface area contributed by atoms with E-state index < -0.39 is 22.9 Å². The molecule has 1 unspecified atom stereocenters. The van der Waals surface area contributed by atoms with Crippen molar-refractivity contribution in [2.75, 3.05) is 5.43 Å². The monoisotopic (exact) mass is 340 g/mol. The maximum Gasteiger partial charge on any atom is 0.418 e. The molecule has 7 heteroatoms. The molecule has 0 aliphatic heterocycles. The van der Waals surface area contributed by atoms with Gasteiger partial charge in [-0.25, -0.2) is 0 Å². The summed E-state index contributed by atoms with van der Waals surface area (Å²) in [4.78, 5) is 12.9. The molecule has 1 amide bonds. The molecule has 2 rings (SSSR count). The Morgan fingerprint density at radius 2 is 1.65 bits per heavy atom. The summed E-state index contributed by atoms with van der Waals surface area (Å²) in [6.45, 7) is 1.68. The van der Waals surface area contributed by atoms with Gasteiger partial charge in [0.2, 0.25) is 0 Å². The molecular weight excluding hydrogens is 325 g/mol. The van der Waals surface area contributed by atoms with Crippen LogP contribution in [0.1, 0.15) is 12.5 Å². The van der Waals surface area contributed by atoms with Gasteiger partial charge in [0.1, 0.15) is 0 Å². The van der Waals surface area contributed by atoms with Crippen molar-refractivity contribution in [3.8, 4) is 0 Å². The minimum absolute atomic E-state index is 0.190. The maximum atomic E-state index is 12.9. The molecule has 23 heavy (non-hydrogen) atoms. The lowest BCUT2D eigenvalue weighted by Gasteiger charge is -2.17. The molecule has 2 aromatic carbocycles. The SMILES string of the molecule is CC(Sc1ccccc1)C(=O)NNc1ccccc1C(F)(F)F. The first-order valence-corrected chi connectivity index (χ1v) is 7.69. The Morgan fingerprint density at radius 1 is 1.04 bits per heavy atom. The van der Waals surface area contributed by atoms with Crippen LogP contribution in [-0.4, -0.2) is 11.2 Å². The first kappa shape index (κ1) is 17.2. The normalized spacial score (nSPS) is 12.5. The maximum absolute atomic E-state index is 12.9. The van der Waals surface area contributed by atoms with Gasteiger partial charge < -0.3 is 0 Å². The number of hydrogen-bond donors (Lipinski definition) is 2. The molecule has 0 spiro atoms. The number of hydrazine groups is 1. The van der Waals surface area contributed by atoms with Crippen molar-refractivity contribution in [2.24, 2.45) is 0 Å². The van der Waals surface area contributed by atoms with Gasteiger partial charge >= 0.3 is 6.18 Å². The van der Waals surface area contributed by atoms with E-state index in [1.807, 2.05) is 30.3 Å². The molecule has 2 N–H and O–H groups in total. The van der Waals surface area contributed by atoms with Gasteiger partial charge in [-0.15, -0.1) is 11.8 Å². The highest BCUT2D eigenvalue weighted by Crippen LogP contribution is 2.34. The summed E-state index contributed by atoms with van der Waals surface area (Å²) in [6.07, 6.45) is -4.49. The molecule has 0 saturated heterocycles. The zero-order valence-electron chi connectivity index (χ0n) is 12.2. The second-order valence-electron chi connectivity index (χ2n) is 4.73. The molecule has 0 heterocycles. The first-order valence-electron chi connectivity index (χ1n) is 6.81. The van der Waals surface area contributed by atoms with E-state index in [1.54, 1.807) is 6.92 Å². The van der Waals surface area contributed by atoms with Crippen LogP contribution in [0.2, 0.25) is 0 Å². The third-order valence-corrected chi connectivity index (χ3v) is 4.09. The fourth-order valence-electron chi connectivity index (χ4n) is 1.83. The van der Waals surface area contributed by atoms with Gasteiger partial charge in [0.25, 0.3) is 5.91 Å². The number of nitrogens with one attached hydrogen (secondary N) is 2. The molecule has 2 aromatic rings. The summed E-state index contributed by atoms with van der Waals surface area (Å²) < 4.78 is 38.6. The number of amides is 1. The minimum Gasteiger partial charge on any atom is -0.298 e. The number of benzene rings is 2. The second-order valence-corrected chi connectivity index (χ2v) is 6.14. The predicted molar refractivity (Wildman–Crippen MR) is 85.0 cm³/mol. The van der Waals surface area contributed by atoms with E-state index in [4.69, 9.17) is 0 Å². The lowest BCUT2D eigenvalue weighted by molar-refractivity contribution is -0.137. The average Bonchev–Trinajstić information content (AvgIpc) is 2.53. The van der Waals surface area contributed by atoms with Crippen LogP contribution in [0, 0.1) is 0 Å². The van der Waals surface area contributed by atoms with E-state index in [1.165, 1.54) is 30.0 Å². The van der Waals surface area contributed by atoms with Gasteiger partial charge in [-0.1, -0.05) is 30.3 Å². The number of alkyl halides is 3. The molecule has 0 saturated carbocycles. The molecular formula is C16H15F3N2OS. The molecule has 0 radical (unpaired) electrons. The molecule has 122 valence electrons. The summed E-state index contributed by atoms with van der Waals surface area (Å²) in [7, 11) is 0. The van der Waals surface area contributed by atoms with Crippen molar-refractivity contribution in [3.63, 3.8) is 0 Å².